The molecule has 0 spiro atoms. The van der Waals surface area contributed by atoms with Crippen LogP contribution in [0.15, 0.2) is 18.2 Å². The quantitative estimate of drug-likeness (QED) is 0.834. The van der Waals surface area contributed by atoms with Crippen molar-refractivity contribution in [2.75, 3.05) is 25.0 Å². The largest absolute Gasteiger partial charge is 0.372 e. The molecule has 0 radical (unpaired) electrons. The van der Waals surface area contributed by atoms with Crippen molar-refractivity contribution in [2.24, 2.45) is 5.92 Å². The summed E-state index contributed by atoms with van der Waals surface area (Å²) >= 11 is 0. The SMILES string of the molecule is CCNCc1cccc(F)c1N(C)CC1CCC1. The van der Waals surface area contributed by atoms with E-state index in [2.05, 4.69) is 17.1 Å². The third-order valence-corrected chi connectivity index (χ3v) is 3.77. The molecule has 0 aromatic heterocycles. The summed E-state index contributed by atoms with van der Waals surface area (Å²) in [6, 6.07) is 5.36. The van der Waals surface area contributed by atoms with E-state index in [1.807, 2.05) is 13.1 Å². The Bertz CT molecular complexity index is 388. The van der Waals surface area contributed by atoms with Gasteiger partial charge in [-0.05, 0) is 36.9 Å². The zero-order chi connectivity index (χ0) is 13.0. The Balaban J connectivity index is 2.12. The lowest BCUT2D eigenvalue weighted by atomic mass is 9.85. The van der Waals surface area contributed by atoms with Crippen molar-refractivity contribution in [3.8, 4) is 0 Å². The molecule has 1 aromatic carbocycles. The zero-order valence-electron chi connectivity index (χ0n) is 11.4. The number of nitrogens with zero attached hydrogens (tertiary/aromatic N) is 1. The maximum absolute atomic E-state index is 14.0. The van der Waals surface area contributed by atoms with Crippen LogP contribution in [0.1, 0.15) is 31.7 Å². The molecule has 0 atom stereocenters. The lowest BCUT2D eigenvalue weighted by molar-refractivity contribution is 0.320. The number of hydrogen-bond acceptors (Lipinski definition) is 2. The number of para-hydroxylation sites is 1. The van der Waals surface area contributed by atoms with Gasteiger partial charge >= 0.3 is 0 Å². The molecule has 1 aliphatic carbocycles. The van der Waals surface area contributed by atoms with Gasteiger partial charge in [0.2, 0.25) is 0 Å². The maximum atomic E-state index is 14.0. The van der Waals surface area contributed by atoms with Crippen molar-refractivity contribution in [3.63, 3.8) is 0 Å². The summed E-state index contributed by atoms with van der Waals surface area (Å²) in [5.41, 5.74) is 1.82. The van der Waals surface area contributed by atoms with Gasteiger partial charge in [0.15, 0.2) is 0 Å². The Kier molecular flexibility index (Phi) is 4.59. The molecule has 1 aliphatic rings. The number of halogens is 1. The predicted molar refractivity (Wildman–Crippen MR) is 74.4 cm³/mol. The van der Waals surface area contributed by atoms with E-state index in [1.54, 1.807) is 12.1 Å². The normalized spacial score (nSPS) is 15.5. The van der Waals surface area contributed by atoms with Gasteiger partial charge in [0, 0.05) is 20.1 Å². The average molecular weight is 250 g/mol. The number of nitrogens with one attached hydrogen (secondary N) is 1. The molecule has 1 fully saturated rings. The fourth-order valence-corrected chi connectivity index (χ4v) is 2.54. The lowest BCUT2D eigenvalue weighted by Gasteiger charge is -2.32. The van der Waals surface area contributed by atoms with Crippen molar-refractivity contribution in [1.29, 1.82) is 0 Å². The first-order valence-corrected chi connectivity index (χ1v) is 6.91. The highest BCUT2D eigenvalue weighted by atomic mass is 19.1. The molecule has 2 rings (SSSR count). The first-order valence-electron chi connectivity index (χ1n) is 6.91. The highest BCUT2D eigenvalue weighted by Gasteiger charge is 2.21. The van der Waals surface area contributed by atoms with Crippen LogP contribution in [0.3, 0.4) is 0 Å². The molecular weight excluding hydrogens is 227 g/mol. The van der Waals surface area contributed by atoms with Crippen LogP contribution < -0.4 is 10.2 Å². The predicted octanol–water partition coefficient (Wildman–Crippen LogP) is 3.17. The molecule has 1 saturated carbocycles. The van der Waals surface area contributed by atoms with Crippen molar-refractivity contribution in [2.45, 2.75) is 32.7 Å². The molecule has 0 amide bonds. The van der Waals surface area contributed by atoms with Crippen LogP contribution in [0.4, 0.5) is 10.1 Å². The van der Waals surface area contributed by atoms with E-state index >= 15 is 0 Å². The molecule has 0 aliphatic heterocycles. The Morgan fingerprint density at radius 3 is 2.78 bits per heavy atom. The fourth-order valence-electron chi connectivity index (χ4n) is 2.54. The summed E-state index contributed by atoms with van der Waals surface area (Å²) < 4.78 is 14.0. The second-order valence-corrected chi connectivity index (χ2v) is 5.21. The Hall–Kier alpha value is -1.09. The van der Waals surface area contributed by atoms with Gasteiger partial charge in [-0.1, -0.05) is 25.5 Å². The van der Waals surface area contributed by atoms with Gasteiger partial charge in [0.1, 0.15) is 5.82 Å². The van der Waals surface area contributed by atoms with Gasteiger partial charge in [0.05, 0.1) is 5.69 Å². The number of anilines is 1. The smallest absolute Gasteiger partial charge is 0.146 e. The lowest BCUT2D eigenvalue weighted by Crippen LogP contribution is -2.31. The number of benzene rings is 1. The van der Waals surface area contributed by atoms with E-state index in [-0.39, 0.29) is 5.82 Å². The number of rotatable bonds is 6. The van der Waals surface area contributed by atoms with E-state index in [1.165, 1.54) is 19.3 Å². The molecule has 1 N–H and O–H groups in total. The highest BCUT2D eigenvalue weighted by molar-refractivity contribution is 5.54. The molecule has 0 unspecified atom stereocenters. The molecule has 0 saturated heterocycles. The monoisotopic (exact) mass is 250 g/mol. The van der Waals surface area contributed by atoms with Crippen molar-refractivity contribution < 1.29 is 4.39 Å². The summed E-state index contributed by atoms with van der Waals surface area (Å²) in [7, 11) is 2.01. The second-order valence-electron chi connectivity index (χ2n) is 5.21. The average Bonchev–Trinajstić information content (AvgIpc) is 2.31. The van der Waals surface area contributed by atoms with Gasteiger partial charge in [0.25, 0.3) is 0 Å². The van der Waals surface area contributed by atoms with Crippen molar-refractivity contribution in [1.82, 2.24) is 5.32 Å². The molecular formula is C15H23FN2. The fraction of sp³-hybridized carbons (Fsp3) is 0.600. The minimum absolute atomic E-state index is 0.104. The van der Waals surface area contributed by atoms with Gasteiger partial charge in [-0.2, -0.15) is 0 Å². The third-order valence-electron chi connectivity index (χ3n) is 3.77. The van der Waals surface area contributed by atoms with Crippen LogP contribution in [0.5, 0.6) is 0 Å². The van der Waals surface area contributed by atoms with Gasteiger partial charge in [-0.3, -0.25) is 0 Å². The van der Waals surface area contributed by atoms with E-state index in [0.717, 1.165) is 36.8 Å². The topological polar surface area (TPSA) is 15.3 Å². The van der Waals surface area contributed by atoms with Crippen LogP contribution in [-0.2, 0) is 6.54 Å². The molecule has 18 heavy (non-hydrogen) atoms. The Labute approximate surface area is 109 Å². The first kappa shape index (κ1) is 13.3. The highest BCUT2D eigenvalue weighted by Crippen LogP contribution is 2.30. The van der Waals surface area contributed by atoms with E-state index < -0.39 is 0 Å². The first-order chi connectivity index (χ1) is 8.72. The Morgan fingerprint density at radius 1 is 1.39 bits per heavy atom. The van der Waals surface area contributed by atoms with Crippen molar-refractivity contribution >= 4 is 5.69 Å². The molecule has 0 heterocycles. The molecule has 3 heteroatoms. The summed E-state index contributed by atoms with van der Waals surface area (Å²) in [6.45, 7) is 4.68. The van der Waals surface area contributed by atoms with Gasteiger partial charge in [-0.15, -0.1) is 0 Å². The minimum atomic E-state index is -0.104. The van der Waals surface area contributed by atoms with Crippen LogP contribution in [0, 0.1) is 11.7 Å². The van der Waals surface area contributed by atoms with Gasteiger partial charge < -0.3 is 10.2 Å². The minimum Gasteiger partial charge on any atom is -0.372 e. The van der Waals surface area contributed by atoms with Crippen LogP contribution >= 0.6 is 0 Å². The second kappa shape index (κ2) is 6.19. The summed E-state index contributed by atoms with van der Waals surface area (Å²) in [6.07, 6.45) is 3.92. The zero-order valence-corrected chi connectivity index (χ0v) is 11.4. The number of hydrogen-bond donors (Lipinski definition) is 1. The summed E-state index contributed by atoms with van der Waals surface area (Å²) in [5.74, 6) is 0.647. The van der Waals surface area contributed by atoms with Gasteiger partial charge in [-0.25, -0.2) is 4.39 Å². The van der Waals surface area contributed by atoms with Crippen molar-refractivity contribution in [3.05, 3.63) is 29.6 Å². The van der Waals surface area contributed by atoms with Crippen LogP contribution in [0.25, 0.3) is 0 Å². The third kappa shape index (κ3) is 3.02. The molecule has 0 bridgehead atoms. The van der Waals surface area contributed by atoms with E-state index in [0.29, 0.717) is 0 Å². The molecule has 100 valence electrons. The van der Waals surface area contributed by atoms with E-state index in [4.69, 9.17) is 0 Å². The molecule has 1 aromatic rings. The Morgan fingerprint density at radius 2 is 2.17 bits per heavy atom. The van der Waals surface area contributed by atoms with E-state index in [9.17, 15) is 4.39 Å². The molecule has 2 nitrogen and oxygen atoms in total. The summed E-state index contributed by atoms with van der Waals surface area (Å²) in [4.78, 5) is 2.09. The summed E-state index contributed by atoms with van der Waals surface area (Å²) in [5, 5.41) is 3.27. The van der Waals surface area contributed by atoms with Crippen LogP contribution in [0.2, 0.25) is 0 Å². The maximum Gasteiger partial charge on any atom is 0.146 e. The standard InChI is InChI=1S/C15H23FN2/c1-3-17-10-13-8-5-9-14(16)15(13)18(2)11-12-6-4-7-12/h5,8-9,12,17H,3-4,6-7,10-11H2,1-2H3. The van der Waals surface area contributed by atoms with Crippen LogP contribution in [-0.4, -0.2) is 20.1 Å².